The molecule has 0 aromatic carbocycles. The lowest BCUT2D eigenvalue weighted by Gasteiger charge is -1.93. The highest BCUT2D eigenvalue weighted by molar-refractivity contribution is 5.09. The molecule has 13 heavy (non-hydrogen) atoms. The van der Waals surface area contributed by atoms with E-state index < -0.39 is 0 Å². The molecule has 0 bridgehead atoms. The van der Waals surface area contributed by atoms with Crippen LogP contribution in [0, 0.1) is 5.92 Å². The molecule has 1 unspecified atom stereocenters. The molecule has 0 saturated carbocycles. The fraction of sp³-hybridized carbons (Fsp3) is 0.385. The van der Waals surface area contributed by atoms with Crippen LogP contribution in [0.5, 0.6) is 0 Å². The average Bonchev–Trinajstić information content (AvgIpc) is 2.18. The molecule has 0 nitrogen and oxygen atoms in total. The van der Waals surface area contributed by atoms with Crippen molar-refractivity contribution in [3.8, 4) is 0 Å². The maximum Gasteiger partial charge on any atom is -0.00756 e. The molecule has 0 aromatic rings. The molecule has 0 amide bonds. The summed E-state index contributed by atoms with van der Waals surface area (Å²) >= 11 is 0. The smallest absolute Gasteiger partial charge is 0.00756 e. The molecule has 0 heteroatoms. The number of hydrogen-bond donors (Lipinski definition) is 0. The molecule has 0 aliphatic heterocycles. The summed E-state index contributed by atoms with van der Waals surface area (Å²) in [5.74, 6) is 0.490. The van der Waals surface area contributed by atoms with E-state index in [2.05, 4.69) is 31.7 Å². The predicted molar refractivity (Wildman–Crippen MR) is 63.8 cm³/mol. The Morgan fingerprint density at radius 1 is 1.00 bits per heavy atom. The van der Waals surface area contributed by atoms with Crippen molar-refractivity contribution in [1.82, 2.24) is 0 Å². The van der Waals surface area contributed by atoms with Crippen LogP contribution >= 0.6 is 0 Å². The monoisotopic (exact) mass is 178 g/mol. The van der Waals surface area contributed by atoms with Crippen LogP contribution in [0.15, 0.2) is 49.1 Å². The molecule has 0 saturated heterocycles. The third-order valence-corrected chi connectivity index (χ3v) is 1.27. The molecule has 0 heterocycles. The first-order chi connectivity index (χ1) is 6.31. The van der Waals surface area contributed by atoms with Crippen LogP contribution in [-0.2, 0) is 0 Å². The van der Waals surface area contributed by atoms with Gasteiger partial charge in [0.25, 0.3) is 0 Å². The maximum absolute atomic E-state index is 3.60. The summed E-state index contributed by atoms with van der Waals surface area (Å²) in [6, 6.07) is 0. The van der Waals surface area contributed by atoms with E-state index in [0.29, 0.717) is 5.92 Å². The van der Waals surface area contributed by atoms with Crippen LogP contribution in [0.25, 0.3) is 0 Å². The average molecular weight is 178 g/mol. The standard InChI is InChI=1S/C11H16.C2H6/c1-4-6-8-10-11(3)9-7-5-2;1-2/h4-11H,2H2,1,3H3;1-2H3/b6-4-,9-7-,10-8-;. The summed E-state index contributed by atoms with van der Waals surface area (Å²) in [5, 5.41) is 0. The van der Waals surface area contributed by atoms with Gasteiger partial charge in [-0.2, -0.15) is 0 Å². The van der Waals surface area contributed by atoms with Crippen molar-refractivity contribution in [3.05, 3.63) is 49.1 Å². The molecule has 1 atom stereocenters. The molecule has 74 valence electrons. The van der Waals surface area contributed by atoms with Gasteiger partial charge in [0.15, 0.2) is 0 Å². The molecule has 0 aromatic heterocycles. The summed E-state index contributed by atoms with van der Waals surface area (Å²) in [5.41, 5.74) is 0. The van der Waals surface area contributed by atoms with Gasteiger partial charge in [0.2, 0.25) is 0 Å². The van der Waals surface area contributed by atoms with Crippen LogP contribution in [0.3, 0.4) is 0 Å². The minimum atomic E-state index is 0.490. The highest BCUT2D eigenvalue weighted by Crippen LogP contribution is 1.99. The van der Waals surface area contributed by atoms with Crippen molar-refractivity contribution in [2.45, 2.75) is 27.7 Å². The zero-order valence-electron chi connectivity index (χ0n) is 9.33. The van der Waals surface area contributed by atoms with E-state index in [0.717, 1.165) is 0 Å². The van der Waals surface area contributed by atoms with Gasteiger partial charge in [0.05, 0.1) is 0 Å². The first-order valence-corrected chi connectivity index (χ1v) is 4.90. The quantitative estimate of drug-likeness (QED) is 0.555. The first-order valence-electron chi connectivity index (χ1n) is 4.90. The Kier molecular flexibility index (Phi) is 15.1. The van der Waals surface area contributed by atoms with E-state index in [1.807, 2.05) is 39.0 Å². The Labute approximate surface area is 83.4 Å². The van der Waals surface area contributed by atoms with Gasteiger partial charge in [-0.05, 0) is 12.8 Å². The Hall–Kier alpha value is -1.04. The lowest BCUT2D eigenvalue weighted by atomic mass is 10.1. The van der Waals surface area contributed by atoms with Gasteiger partial charge in [0.1, 0.15) is 0 Å². The summed E-state index contributed by atoms with van der Waals surface area (Å²) in [6.45, 7) is 11.8. The van der Waals surface area contributed by atoms with E-state index >= 15 is 0 Å². The summed E-state index contributed by atoms with van der Waals surface area (Å²) < 4.78 is 0. The largest absolute Gasteiger partial charge is 0.0991 e. The van der Waals surface area contributed by atoms with Gasteiger partial charge in [0, 0.05) is 0 Å². The van der Waals surface area contributed by atoms with Gasteiger partial charge >= 0.3 is 0 Å². The van der Waals surface area contributed by atoms with E-state index in [1.165, 1.54) is 0 Å². The molecule has 0 N–H and O–H groups in total. The van der Waals surface area contributed by atoms with Crippen molar-refractivity contribution in [3.63, 3.8) is 0 Å². The maximum atomic E-state index is 3.60. The van der Waals surface area contributed by atoms with Crippen LogP contribution in [0.1, 0.15) is 27.7 Å². The highest BCUT2D eigenvalue weighted by Gasteiger charge is 1.84. The Morgan fingerprint density at radius 3 is 2.00 bits per heavy atom. The van der Waals surface area contributed by atoms with Crippen molar-refractivity contribution < 1.29 is 0 Å². The Balaban J connectivity index is 0. The van der Waals surface area contributed by atoms with Crippen molar-refractivity contribution in [2.75, 3.05) is 0 Å². The first kappa shape index (κ1) is 14.5. The summed E-state index contributed by atoms with van der Waals surface area (Å²) in [6.07, 6.45) is 14.1. The van der Waals surface area contributed by atoms with Crippen molar-refractivity contribution >= 4 is 0 Å². The van der Waals surface area contributed by atoms with Crippen LogP contribution < -0.4 is 0 Å². The summed E-state index contributed by atoms with van der Waals surface area (Å²) in [4.78, 5) is 0. The van der Waals surface area contributed by atoms with Crippen LogP contribution in [0.4, 0.5) is 0 Å². The molecular formula is C13H22. The number of rotatable bonds is 4. The molecule has 0 aliphatic carbocycles. The number of hydrogen-bond acceptors (Lipinski definition) is 0. The van der Waals surface area contributed by atoms with Gasteiger partial charge < -0.3 is 0 Å². The highest BCUT2D eigenvalue weighted by atomic mass is 13.9. The van der Waals surface area contributed by atoms with Crippen molar-refractivity contribution in [1.29, 1.82) is 0 Å². The summed E-state index contributed by atoms with van der Waals surface area (Å²) in [7, 11) is 0. The third-order valence-electron chi connectivity index (χ3n) is 1.27. The van der Waals surface area contributed by atoms with E-state index in [9.17, 15) is 0 Å². The number of allylic oxidation sites excluding steroid dienone is 7. The molecule has 0 spiro atoms. The molecule has 0 radical (unpaired) electrons. The van der Waals surface area contributed by atoms with E-state index in [1.54, 1.807) is 6.08 Å². The van der Waals surface area contributed by atoms with Gasteiger partial charge in [-0.1, -0.05) is 69.9 Å². The normalized spacial score (nSPS) is 13.2. The Bertz CT molecular complexity index is 170. The topological polar surface area (TPSA) is 0 Å². The second-order valence-electron chi connectivity index (χ2n) is 2.39. The van der Waals surface area contributed by atoms with Gasteiger partial charge in [-0.3, -0.25) is 0 Å². The SMILES string of the molecule is C=C/C=C\C(C)/C=C\C=C/C.CC. The van der Waals surface area contributed by atoms with Crippen LogP contribution in [0.2, 0.25) is 0 Å². The minimum absolute atomic E-state index is 0.490. The lowest BCUT2D eigenvalue weighted by molar-refractivity contribution is 0.940. The zero-order valence-corrected chi connectivity index (χ0v) is 9.33. The molecule has 0 aliphatic rings. The van der Waals surface area contributed by atoms with E-state index in [-0.39, 0.29) is 0 Å². The third kappa shape index (κ3) is 13.9. The van der Waals surface area contributed by atoms with Crippen LogP contribution in [-0.4, -0.2) is 0 Å². The van der Waals surface area contributed by atoms with E-state index in [4.69, 9.17) is 0 Å². The van der Waals surface area contributed by atoms with Gasteiger partial charge in [-0.15, -0.1) is 0 Å². The fourth-order valence-electron chi connectivity index (χ4n) is 0.669. The molecular weight excluding hydrogens is 156 g/mol. The lowest BCUT2D eigenvalue weighted by Crippen LogP contribution is -1.79. The van der Waals surface area contributed by atoms with Gasteiger partial charge in [-0.25, -0.2) is 0 Å². The minimum Gasteiger partial charge on any atom is -0.0991 e. The second-order valence-corrected chi connectivity index (χ2v) is 2.39. The molecule has 0 rings (SSSR count). The zero-order chi connectivity index (χ0) is 10.5. The Morgan fingerprint density at radius 2 is 1.54 bits per heavy atom. The van der Waals surface area contributed by atoms with Crippen molar-refractivity contribution in [2.24, 2.45) is 5.92 Å². The molecule has 0 fully saturated rings. The second kappa shape index (κ2) is 13.5. The predicted octanol–water partition coefficient (Wildman–Crippen LogP) is 4.52. The fourth-order valence-corrected chi connectivity index (χ4v) is 0.669.